The van der Waals surface area contributed by atoms with Gasteiger partial charge in [-0.2, -0.15) is 0 Å². The average molecular weight is 684 g/mol. The van der Waals surface area contributed by atoms with Gasteiger partial charge in [-0.05, 0) is 60.4 Å². The molecular weight excluding hydrogens is 639 g/mol. The second kappa shape index (κ2) is 18.4. The molecular formula is C39H45N3O6S. The SMILES string of the molecule is COc1ccccc1SC[C@H]1C[C@@H](c2ccc(CO)cc2)O[C@@H](c2ccc(NC(=O)CCCCCCC(=O)Nc3ccccc3N)cc2)O1. The predicted molar refractivity (Wildman–Crippen MR) is 194 cm³/mol. The first-order valence-corrected chi connectivity index (χ1v) is 17.7. The number of methoxy groups -OCH3 is 1. The minimum Gasteiger partial charge on any atom is -0.496 e. The molecule has 4 aromatic rings. The second-order valence-electron chi connectivity index (χ2n) is 12.0. The van der Waals surface area contributed by atoms with E-state index in [1.165, 1.54) is 0 Å². The molecule has 1 saturated heterocycles. The summed E-state index contributed by atoms with van der Waals surface area (Å²) in [5, 5.41) is 15.3. The Morgan fingerprint density at radius 1 is 0.816 bits per heavy atom. The molecule has 0 bridgehead atoms. The number of amides is 2. The van der Waals surface area contributed by atoms with Gasteiger partial charge in [-0.3, -0.25) is 9.59 Å². The molecule has 1 fully saturated rings. The Hall–Kier alpha value is -4.35. The molecule has 2 amide bonds. The third kappa shape index (κ3) is 10.8. The Labute approximate surface area is 292 Å². The molecule has 0 spiro atoms. The van der Waals surface area contributed by atoms with E-state index in [-0.39, 0.29) is 30.6 Å². The van der Waals surface area contributed by atoms with Crippen molar-refractivity contribution >= 4 is 40.6 Å². The monoisotopic (exact) mass is 683 g/mol. The van der Waals surface area contributed by atoms with Crippen LogP contribution < -0.4 is 21.1 Å². The fraction of sp³-hybridized carbons (Fsp3) is 0.333. The number of anilines is 3. The summed E-state index contributed by atoms with van der Waals surface area (Å²) < 4.78 is 18.5. The molecule has 258 valence electrons. The number of hydrogen-bond acceptors (Lipinski definition) is 8. The number of carbonyl (C=O) groups excluding carboxylic acids is 2. The molecule has 3 atom stereocenters. The number of rotatable bonds is 16. The van der Waals surface area contributed by atoms with E-state index in [9.17, 15) is 14.7 Å². The number of carbonyl (C=O) groups is 2. The number of nitrogens with two attached hydrogens (primary N) is 1. The highest BCUT2D eigenvalue weighted by Crippen LogP contribution is 2.40. The van der Waals surface area contributed by atoms with E-state index in [1.807, 2.05) is 84.9 Å². The van der Waals surface area contributed by atoms with E-state index in [2.05, 4.69) is 10.6 Å². The second-order valence-corrected chi connectivity index (χ2v) is 13.1. The first kappa shape index (κ1) is 35.9. The van der Waals surface area contributed by atoms with Crippen LogP contribution in [-0.2, 0) is 25.7 Å². The van der Waals surface area contributed by atoms with Gasteiger partial charge in [-0.1, -0.05) is 73.5 Å². The fourth-order valence-electron chi connectivity index (χ4n) is 5.64. The van der Waals surface area contributed by atoms with Gasteiger partial charge in [-0.15, -0.1) is 11.8 Å². The smallest absolute Gasteiger partial charge is 0.224 e. The highest BCUT2D eigenvalue weighted by atomic mass is 32.2. The van der Waals surface area contributed by atoms with Crippen molar-refractivity contribution in [1.82, 2.24) is 0 Å². The number of aliphatic hydroxyl groups excluding tert-OH is 1. The summed E-state index contributed by atoms with van der Waals surface area (Å²) in [6.07, 6.45) is 3.87. The van der Waals surface area contributed by atoms with E-state index in [4.69, 9.17) is 19.9 Å². The van der Waals surface area contributed by atoms with Crippen molar-refractivity contribution < 1.29 is 28.9 Å². The normalized spacial score (nSPS) is 17.3. The van der Waals surface area contributed by atoms with Crippen LogP contribution in [0.25, 0.3) is 0 Å². The van der Waals surface area contributed by atoms with Crippen LogP contribution in [0.1, 0.15) is 74.0 Å². The number of aliphatic hydroxyl groups is 1. The molecule has 5 N–H and O–H groups in total. The standard InChI is InChI=1S/C39H45N3O6S/c1-46-34-12-8-9-13-36(34)49-26-31-24-35(28-18-16-27(25-43)17-19-28)48-39(47-31)29-20-22-30(23-21-29)41-37(44)14-4-2-3-5-15-38(45)42-33-11-7-6-10-32(33)40/h6-13,16-23,31,35,39,43H,2-5,14-15,24-26,40H2,1H3,(H,41,44)(H,42,45)/t31-,35+,39+/m1/s1. The van der Waals surface area contributed by atoms with Gasteiger partial charge in [0.15, 0.2) is 6.29 Å². The van der Waals surface area contributed by atoms with Crippen LogP contribution in [0.2, 0.25) is 0 Å². The zero-order valence-electron chi connectivity index (χ0n) is 27.8. The molecule has 10 heteroatoms. The summed E-state index contributed by atoms with van der Waals surface area (Å²) in [5.41, 5.74) is 10.5. The molecule has 9 nitrogen and oxygen atoms in total. The van der Waals surface area contributed by atoms with Crippen LogP contribution in [-0.4, -0.2) is 35.9 Å². The lowest BCUT2D eigenvalue weighted by molar-refractivity contribution is -0.245. The molecule has 0 aliphatic carbocycles. The molecule has 1 aliphatic heterocycles. The number of nitrogen functional groups attached to an aromatic ring is 1. The van der Waals surface area contributed by atoms with Crippen LogP contribution in [0.3, 0.4) is 0 Å². The van der Waals surface area contributed by atoms with Crippen LogP contribution >= 0.6 is 11.8 Å². The molecule has 4 aromatic carbocycles. The van der Waals surface area contributed by atoms with Gasteiger partial charge in [0.1, 0.15) is 5.75 Å². The number of para-hydroxylation sites is 3. The number of ether oxygens (including phenoxy) is 3. The third-order valence-electron chi connectivity index (χ3n) is 8.37. The lowest BCUT2D eigenvalue weighted by atomic mass is 10.0. The Morgan fingerprint density at radius 2 is 1.47 bits per heavy atom. The van der Waals surface area contributed by atoms with E-state index >= 15 is 0 Å². The molecule has 1 heterocycles. The highest BCUT2D eigenvalue weighted by molar-refractivity contribution is 7.99. The molecule has 0 saturated carbocycles. The molecule has 0 radical (unpaired) electrons. The first-order chi connectivity index (χ1) is 23.9. The zero-order valence-corrected chi connectivity index (χ0v) is 28.6. The maximum atomic E-state index is 12.6. The third-order valence-corrected chi connectivity index (χ3v) is 9.55. The Bertz CT molecular complexity index is 1650. The van der Waals surface area contributed by atoms with Gasteiger partial charge in [-0.25, -0.2) is 0 Å². The van der Waals surface area contributed by atoms with E-state index < -0.39 is 6.29 Å². The Morgan fingerprint density at radius 3 is 2.16 bits per heavy atom. The summed E-state index contributed by atoms with van der Waals surface area (Å²) in [7, 11) is 1.68. The topological polar surface area (TPSA) is 132 Å². The quantitative estimate of drug-likeness (QED) is 0.0530. The minimum absolute atomic E-state index is 0.00912. The van der Waals surface area contributed by atoms with E-state index in [1.54, 1.807) is 31.0 Å². The van der Waals surface area contributed by atoms with Gasteiger partial charge >= 0.3 is 0 Å². The lowest BCUT2D eigenvalue weighted by Crippen LogP contribution is -2.31. The van der Waals surface area contributed by atoms with Crippen molar-refractivity contribution in [3.8, 4) is 5.75 Å². The molecule has 5 rings (SSSR count). The Kier molecular flexibility index (Phi) is 13.5. The molecule has 0 aromatic heterocycles. The predicted octanol–water partition coefficient (Wildman–Crippen LogP) is 8.03. The maximum Gasteiger partial charge on any atom is 0.224 e. The average Bonchev–Trinajstić information content (AvgIpc) is 3.13. The maximum absolute atomic E-state index is 12.6. The van der Waals surface area contributed by atoms with Crippen molar-refractivity contribution in [3.05, 3.63) is 114 Å². The highest BCUT2D eigenvalue weighted by Gasteiger charge is 2.32. The summed E-state index contributed by atoms with van der Waals surface area (Å²) >= 11 is 1.69. The molecule has 0 unspecified atom stereocenters. The van der Waals surface area contributed by atoms with Gasteiger partial charge < -0.3 is 35.7 Å². The van der Waals surface area contributed by atoms with Crippen molar-refractivity contribution in [3.63, 3.8) is 0 Å². The minimum atomic E-state index is -0.587. The van der Waals surface area contributed by atoms with Crippen molar-refractivity contribution in [2.45, 2.75) is 74.9 Å². The van der Waals surface area contributed by atoms with Crippen LogP contribution in [0.4, 0.5) is 17.1 Å². The van der Waals surface area contributed by atoms with Gasteiger partial charge in [0.2, 0.25) is 11.8 Å². The van der Waals surface area contributed by atoms with Crippen molar-refractivity contribution in [1.29, 1.82) is 0 Å². The number of hydrogen-bond donors (Lipinski definition) is 4. The van der Waals surface area contributed by atoms with Crippen LogP contribution in [0.5, 0.6) is 5.75 Å². The largest absolute Gasteiger partial charge is 0.496 e. The van der Waals surface area contributed by atoms with Gasteiger partial charge in [0.05, 0.1) is 37.3 Å². The van der Waals surface area contributed by atoms with Crippen LogP contribution in [0.15, 0.2) is 102 Å². The fourth-order valence-corrected chi connectivity index (χ4v) is 6.69. The zero-order chi connectivity index (χ0) is 34.4. The van der Waals surface area contributed by atoms with Gasteiger partial charge in [0.25, 0.3) is 0 Å². The van der Waals surface area contributed by atoms with Gasteiger partial charge in [0, 0.05) is 41.2 Å². The van der Waals surface area contributed by atoms with Crippen molar-refractivity contribution in [2.75, 3.05) is 29.2 Å². The number of nitrogens with one attached hydrogen (secondary N) is 2. The molecule has 49 heavy (non-hydrogen) atoms. The molecule has 1 aliphatic rings. The van der Waals surface area contributed by atoms with Crippen LogP contribution in [0, 0.1) is 0 Å². The number of benzene rings is 4. The summed E-state index contributed by atoms with van der Waals surface area (Å²) in [4.78, 5) is 25.9. The summed E-state index contributed by atoms with van der Waals surface area (Å²) in [6.45, 7) is -0.00912. The van der Waals surface area contributed by atoms with E-state index in [0.717, 1.165) is 58.8 Å². The number of thioether (sulfide) groups is 1. The first-order valence-electron chi connectivity index (χ1n) is 16.7. The summed E-state index contributed by atoms with van der Waals surface area (Å²) in [6, 6.07) is 30.6. The number of unbranched alkanes of at least 4 members (excludes halogenated alkanes) is 3. The lowest BCUT2D eigenvalue weighted by Gasteiger charge is -2.36. The Balaban J connectivity index is 1.10. The van der Waals surface area contributed by atoms with E-state index in [0.29, 0.717) is 36.3 Å². The summed E-state index contributed by atoms with van der Waals surface area (Å²) in [5.74, 6) is 1.45. The van der Waals surface area contributed by atoms with Crippen molar-refractivity contribution in [2.24, 2.45) is 0 Å².